The van der Waals surface area contributed by atoms with Crippen molar-refractivity contribution >= 4 is 92.7 Å². The number of esters is 8. The van der Waals surface area contributed by atoms with Crippen LogP contribution in [0.4, 0.5) is 0 Å². The lowest BCUT2D eigenvalue weighted by Gasteiger charge is -2.30. The first kappa shape index (κ1) is 89.5. The smallest absolute Gasteiger partial charge is 0.398 e. The number of amides is 1. The lowest BCUT2D eigenvalue weighted by atomic mass is 9.97. The van der Waals surface area contributed by atoms with Gasteiger partial charge < -0.3 is 86.0 Å². The average molecular weight is 1560 g/mol. The van der Waals surface area contributed by atoms with Crippen LogP contribution in [-0.4, -0.2) is 210 Å². The number of nitrogens with one attached hydrogen (secondary N) is 1. The summed E-state index contributed by atoms with van der Waals surface area (Å²) in [7, 11) is 0. The van der Waals surface area contributed by atoms with Crippen molar-refractivity contribution in [3.05, 3.63) is 119 Å². The molecule has 111 heavy (non-hydrogen) atoms. The van der Waals surface area contributed by atoms with Crippen molar-refractivity contribution in [3.8, 4) is 23.2 Å². The Kier molecular flexibility index (Phi) is 33.0. The Morgan fingerprint density at radius 2 is 0.901 bits per heavy atom. The molecule has 0 fully saturated rings. The van der Waals surface area contributed by atoms with E-state index in [9.17, 15) is 82.8 Å². The van der Waals surface area contributed by atoms with E-state index in [4.69, 9.17) is 47.1 Å². The molecule has 3 aromatic carbocycles. The van der Waals surface area contributed by atoms with E-state index in [1.807, 2.05) is 41.5 Å². The molecule has 0 radical (unpaired) electrons. The molecule has 40 heteroatoms. The zero-order valence-corrected chi connectivity index (χ0v) is 63.6. The number of hydrogen-bond donors (Lipinski definition) is 7. The Morgan fingerprint density at radius 3 is 1.28 bits per heavy atom. The SMILES string of the molecule is CC(=O)OC[C@@H](OC(C)=O)[C@@H](C)[C@H](Cn1c(=O)c(C(=O)O)nc2cc(C)c(C)cc21)OC(C)=O.CCOC(=O)C(=O)NN.CCOC(=O)c1nnc(-c2nc3cc(C)c(C)cc3n(C[C@H](OC(C)=O)[C@H](C)[C@@H](COC(C)=O)OC(C)=O)c2=O)o1.Cc1cc2nc(-c3nnco3)c(=O)n(C[C@H](O)[C@H](O)[C@H](O)CO)c2cc1C. The van der Waals surface area contributed by atoms with Crippen molar-refractivity contribution in [1.29, 1.82) is 0 Å². The van der Waals surface area contributed by atoms with E-state index >= 15 is 0 Å². The molecule has 0 aliphatic carbocycles. The van der Waals surface area contributed by atoms with Crippen molar-refractivity contribution in [2.45, 2.75) is 173 Å². The highest BCUT2D eigenvalue weighted by molar-refractivity contribution is 6.32. The maximum absolute atomic E-state index is 13.9. The molecule has 1 amide bonds. The number of carboxylic acid groups (broad SMARTS) is 1. The van der Waals surface area contributed by atoms with Gasteiger partial charge in [0, 0.05) is 53.4 Å². The third-order valence-corrected chi connectivity index (χ3v) is 16.7. The van der Waals surface area contributed by atoms with Crippen LogP contribution in [0, 0.1) is 53.4 Å². The minimum absolute atomic E-state index is 0.0701. The highest BCUT2D eigenvalue weighted by Gasteiger charge is 2.36. The summed E-state index contributed by atoms with van der Waals surface area (Å²) in [4.78, 5) is 167. The standard InChI is InChI=1S/C27H32N4O10.C23H28N2O9.C17H20N4O6.C4H8N2O3/c1-8-37-27(36)25-30-29-24(41-25)23-26(35)31(20-10-14(3)13(2)9-19(20)28-23)11-21(39-17(6)33)15(4)22(40-18(7)34)12-38-16(5)32;1-11-7-17-18(8-12(11)2)25(22(29)21(24-17)23(30)31)9-19(33-15(5)27)13(3)20(34-16(6)28)10-32-14(4)26;1-8-3-10-11(4-9(8)2)21(5-12(23)15(25)13(24)6-22)17(26)14(19-10)16-20-18-7-27-16;1-2-9-4(8)3(7)6-5/h9-10,15,21-22H,8,11-12H2,1-7H3;7-8,13,19-20H,9-10H2,1-6H3,(H,30,31);3-4,7,12-13,15,22-25H,5-6H2,1-2H3;2,5H2,1H3,(H,6,7)/t15-,21-,22+;13-,19-,20+;12-,13+,15-;/m000./s1. The normalized spacial score (nSPS) is 13.4. The highest BCUT2D eigenvalue weighted by Crippen LogP contribution is 2.27. The van der Waals surface area contributed by atoms with Gasteiger partial charge in [-0.15, -0.1) is 20.4 Å². The van der Waals surface area contributed by atoms with Crippen molar-refractivity contribution in [3.63, 3.8) is 0 Å². The second-order valence-electron chi connectivity index (χ2n) is 25.0. The zero-order chi connectivity index (χ0) is 83.2. The van der Waals surface area contributed by atoms with Gasteiger partial charge in [0.25, 0.3) is 28.5 Å². The minimum Gasteiger partial charge on any atom is -0.476 e. The quantitative estimate of drug-likeness (QED) is 0.00963. The number of benzene rings is 3. The number of aryl methyl sites for hydroxylation is 6. The largest absolute Gasteiger partial charge is 0.476 e. The van der Waals surface area contributed by atoms with Gasteiger partial charge in [-0.2, -0.15) is 0 Å². The number of aliphatic hydroxyl groups is 4. The molecule has 0 unspecified atom stereocenters. The lowest BCUT2D eigenvalue weighted by Crippen LogP contribution is -2.43. The fourth-order valence-corrected chi connectivity index (χ4v) is 10.5. The monoisotopic (exact) mass is 1560 g/mol. The molecular formula is C71H88N12O28. The lowest BCUT2D eigenvalue weighted by molar-refractivity contribution is -0.168. The summed E-state index contributed by atoms with van der Waals surface area (Å²) in [5.41, 5.74) is 6.14. The second-order valence-corrected chi connectivity index (χ2v) is 25.0. The van der Waals surface area contributed by atoms with E-state index in [0.29, 0.717) is 27.6 Å². The zero-order valence-electron chi connectivity index (χ0n) is 63.6. The molecule has 8 aromatic rings. The van der Waals surface area contributed by atoms with Crippen LogP contribution in [0.15, 0.2) is 66.0 Å². The van der Waals surface area contributed by atoms with Crippen LogP contribution in [0.2, 0.25) is 0 Å². The molecule has 5 heterocycles. The van der Waals surface area contributed by atoms with Crippen LogP contribution < -0.4 is 27.9 Å². The number of aliphatic hydroxyl groups excluding tert-OH is 4. The number of aromatic nitrogens is 10. The van der Waals surface area contributed by atoms with E-state index in [0.717, 1.165) is 39.8 Å². The summed E-state index contributed by atoms with van der Waals surface area (Å²) in [5.74, 6) is -5.71. The Hall–Kier alpha value is -12.1. The Labute approximate surface area is 631 Å². The number of fused-ring (bicyclic) bond motifs is 3. The van der Waals surface area contributed by atoms with E-state index in [2.05, 4.69) is 45.9 Å². The fraction of sp³-hybridized carbons (Fsp3) is 0.465. The van der Waals surface area contributed by atoms with Gasteiger partial charge in [0.05, 0.1) is 72.6 Å². The number of rotatable bonds is 27. The fourth-order valence-electron chi connectivity index (χ4n) is 10.5. The molecule has 0 bridgehead atoms. The Morgan fingerprint density at radius 1 is 0.505 bits per heavy atom. The predicted octanol–water partition coefficient (Wildman–Crippen LogP) is 1.75. The van der Waals surface area contributed by atoms with E-state index in [1.165, 1.54) is 55.2 Å². The van der Waals surface area contributed by atoms with E-state index in [-0.39, 0.29) is 74.7 Å². The van der Waals surface area contributed by atoms with Crippen LogP contribution >= 0.6 is 0 Å². The van der Waals surface area contributed by atoms with Gasteiger partial charge in [0.15, 0.2) is 11.4 Å². The summed E-state index contributed by atoms with van der Waals surface area (Å²) in [6.45, 7) is 22.9. The number of hydrazine groups is 1. The van der Waals surface area contributed by atoms with Crippen molar-refractivity contribution in [1.82, 2.24) is 54.5 Å². The summed E-state index contributed by atoms with van der Waals surface area (Å²) in [5, 5.41) is 62.9. The Balaban J connectivity index is 0.000000286. The van der Waals surface area contributed by atoms with Gasteiger partial charge in [0.1, 0.15) is 55.9 Å². The number of nitrogens with two attached hydrogens (primary N) is 1. The first-order valence-electron chi connectivity index (χ1n) is 34.0. The topological polar surface area (TPSA) is 566 Å². The maximum atomic E-state index is 13.9. The third kappa shape index (κ3) is 24.4. The van der Waals surface area contributed by atoms with Gasteiger partial charge in [-0.1, -0.05) is 13.8 Å². The summed E-state index contributed by atoms with van der Waals surface area (Å²) in [6.07, 6.45) is -7.65. The molecule has 0 saturated carbocycles. The van der Waals surface area contributed by atoms with Crippen LogP contribution in [-0.2, 0) is 95.9 Å². The number of hydrogen-bond acceptors (Lipinski definition) is 35. The van der Waals surface area contributed by atoms with Crippen LogP contribution in [0.5, 0.6) is 0 Å². The molecule has 0 aliphatic rings. The minimum atomic E-state index is -1.64. The summed E-state index contributed by atoms with van der Waals surface area (Å²) < 4.78 is 55.1. The molecule has 8 rings (SSSR count). The molecule has 5 aromatic heterocycles. The highest BCUT2D eigenvalue weighted by atomic mass is 16.6. The molecular weight excluding hydrogens is 1470 g/mol. The van der Waals surface area contributed by atoms with Crippen molar-refractivity contribution < 1.29 is 120 Å². The molecule has 40 nitrogen and oxygen atoms in total. The van der Waals surface area contributed by atoms with Gasteiger partial charge in [-0.25, -0.2) is 35.2 Å². The first-order valence-corrected chi connectivity index (χ1v) is 34.0. The molecule has 9 atom stereocenters. The Bertz CT molecular complexity index is 4920. The number of carbonyl (C=O) groups is 10. The van der Waals surface area contributed by atoms with Crippen LogP contribution in [0.1, 0.15) is 124 Å². The van der Waals surface area contributed by atoms with Gasteiger partial charge >= 0.3 is 65.5 Å². The first-order chi connectivity index (χ1) is 52.2. The number of carbonyl (C=O) groups excluding carboxylic acids is 9. The van der Waals surface area contributed by atoms with Crippen LogP contribution in [0.3, 0.4) is 0 Å². The predicted molar refractivity (Wildman–Crippen MR) is 384 cm³/mol. The maximum Gasteiger partial charge on any atom is 0.398 e. The van der Waals surface area contributed by atoms with Crippen LogP contribution in [0.25, 0.3) is 56.3 Å². The van der Waals surface area contributed by atoms with Crippen molar-refractivity contribution in [2.24, 2.45) is 17.7 Å². The molecule has 8 N–H and O–H groups in total. The number of nitrogens with zero attached hydrogens (tertiary/aromatic N) is 10. The van der Waals surface area contributed by atoms with Gasteiger partial charge in [-0.3, -0.25) is 53.4 Å². The van der Waals surface area contributed by atoms with Crippen molar-refractivity contribution in [2.75, 3.05) is 33.0 Å². The number of aromatic carboxylic acids is 1. The van der Waals surface area contributed by atoms with Gasteiger partial charge in [0.2, 0.25) is 12.1 Å². The molecule has 0 spiro atoms. The molecule has 0 aliphatic heterocycles. The average Bonchev–Trinajstić information content (AvgIpc) is 1.57. The second kappa shape index (κ2) is 40.9. The third-order valence-electron chi connectivity index (χ3n) is 16.7. The van der Waals surface area contributed by atoms with E-state index < -0.39 is 149 Å². The summed E-state index contributed by atoms with van der Waals surface area (Å²) in [6, 6.07) is 10.4. The molecule has 0 saturated heterocycles. The summed E-state index contributed by atoms with van der Waals surface area (Å²) >= 11 is 0. The van der Waals surface area contributed by atoms with Gasteiger partial charge in [-0.05, 0) is 125 Å². The van der Waals surface area contributed by atoms with E-state index in [1.54, 1.807) is 69.5 Å². The molecule has 600 valence electrons. The number of ether oxygens (including phenoxy) is 8. The number of carboxylic acids is 1.